The van der Waals surface area contributed by atoms with E-state index < -0.39 is 0 Å². The second-order valence-corrected chi connectivity index (χ2v) is 6.20. The van der Waals surface area contributed by atoms with Crippen molar-refractivity contribution in [1.82, 2.24) is 25.1 Å². The molecule has 0 aliphatic heterocycles. The van der Waals surface area contributed by atoms with Gasteiger partial charge in [-0.1, -0.05) is 6.07 Å². The van der Waals surface area contributed by atoms with Crippen molar-refractivity contribution in [3.63, 3.8) is 0 Å². The average Bonchev–Trinajstić information content (AvgIpc) is 3.19. The number of amides is 2. The van der Waals surface area contributed by atoms with Gasteiger partial charge in [0, 0.05) is 30.5 Å². The molecule has 2 heterocycles. The maximum atomic E-state index is 12.2. The Morgan fingerprint density at radius 2 is 2.00 bits per heavy atom. The van der Waals surface area contributed by atoms with Gasteiger partial charge in [-0.2, -0.15) is 5.10 Å². The van der Waals surface area contributed by atoms with Crippen LogP contribution in [-0.2, 0) is 13.0 Å². The van der Waals surface area contributed by atoms with Gasteiger partial charge in [0.25, 0.3) is 0 Å². The van der Waals surface area contributed by atoms with Gasteiger partial charge >= 0.3 is 6.03 Å². The first-order valence-corrected chi connectivity index (χ1v) is 9.23. The summed E-state index contributed by atoms with van der Waals surface area (Å²) in [6.45, 7) is 5.09. The van der Waals surface area contributed by atoms with Crippen molar-refractivity contribution < 1.29 is 9.53 Å². The molecule has 0 radical (unpaired) electrons. The standard InChI is InChI=1S/C20H24N6O2/c1-3-26-19(22-14-23-26)15(2)24-20(27)25-17-7-9-18(10-8-17)28-13-11-16-6-4-5-12-21-16/h4-10,12,14-15H,3,11,13H2,1-2H3,(H2,24,25,27)/t15-/m1/s1. The Kier molecular flexibility index (Phi) is 6.56. The molecule has 0 unspecified atom stereocenters. The number of carbonyl (C=O) groups is 1. The van der Waals surface area contributed by atoms with Crippen LogP contribution in [0, 0.1) is 0 Å². The van der Waals surface area contributed by atoms with E-state index in [2.05, 4.69) is 25.7 Å². The predicted molar refractivity (Wildman–Crippen MR) is 106 cm³/mol. The van der Waals surface area contributed by atoms with Crippen LogP contribution in [0.2, 0.25) is 0 Å². The molecule has 8 heteroatoms. The third-order valence-corrected chi connectivity index (χ3v) is 4.15. The van der Waals surface area contributed by atoms with Crippen LogP contribution in [0.25, 0.3) is 0 Å². The van der Waals surface area contributed by atoms with Crippen molar-refractivity contribution in [2.75, 3.05) is 11.9 Å². The van der Waals surface area contributed by atoms with Gasteiger partial charge in [-0.05, 0) is 50.2 Å². The van der Waals surface area contributed by atoms with E-state index >= 15 is 0 Å². The Labute approximate surface area is 164 Å². The largest absolute Gasteiger partial charge is 0.493 e. The molecule has 3 aromatic rings. The monoisotopic (exact) mass is 380 g/mol. The van der Waals surface area contributed by atoms with Crippen LogP contribution in [0.5, 0.6) is 5.75 Å². The van der Waals surface area contributed by atoms with Crippen molar-refractivity contribution in [2.45, 2.75) is 32.9 Å². The van der Waals surface area contributed by atoms with Crippen LogP contribution >= 0.6 is 0 Å². The molecule has 0 spiro atoms. The lowest BCUT2D eigenvalue weighted by atomic mass is 10.3. The van der Waals surface area contributed by atoms with Gasteiger partial charge in [-0.15, -0.1) is 0 Å². The SMILES string of the molecule is CCn1ncnc1[C@@H](C)NC(=O)Nc1ccc(OCCc2ccccn2)cc1. The summed E-state index contributed by atoms with van der Waals surface area (Å²) in [6.07, 6.45) is 4.00. The van der Waals surface area contributed by atoms with E-state index in [1.54, 1.807) is 23.0 Å². The Morgan fingerprint density at radius 1 is 1.18 bits per heavy atom. The average molecular weight is 380 g/mol. The third kappa shape index (κ3) is 5.29. The van der Waals surface area contributed by atoms with Crippen LogP contribution in [-0.4, -0.2) is 32.4 Å². The Hall–Kier alpha value is -3.42. The molecular formula is C20H24N6O2. The minimum absolute atomic E-state index is 0.253. The van der Waals surface area contributed by atoms with Crippen LogP contribution in [0.4, 0.5) is 10.5 Å². The minimum Gasteiger partial charge on any atom is -0.493 e. The highest BCUT2D eigenvalue weighted by molar-refractivity contribution is 5.89. The minimum atomic E-state index is -0.304. The summed E-state index contributed by atoms with van der Waals surface area (Å²) in [7, 11) is 0. The highest BCUT2D eigenvalue weighted by atomic mass is 16.5. The number of nitrogens with one attached hydrogen (secondary N) is 2. The molecule has 8 nitrogen and oxygen atoms in total. The molecular weight excluding hydrogens is 356 g/mol. The van der Waals surface area contributed by atoms with E-state index in [4.69, 9.17) is 4.74 Å². The summed E-state index contributed by atoms with van der Waals surface area (Å²) in [4.78, 5) is 20.7. The van der Waals surface area contributed by atoms with Gasteiger partial charge in [0.1, 0.15) is 17.9 Å². The molecule has 0 fully saturated rings. The molecule has 2 N–H and O–H groups in total. The van der Waals surface area contributed by atoms with Gasteiger partial charge in [-0.25, -0.2) is 14.5 Å². The topological polar surface area (TPSA) is 94.0 Å². The zero-order valence-corrected chi connectivity index (χ0v) is 16.0. The molecule has 3 rings (SSSR count). The first-order chi connectivity index (χ1) is 13.7. The summed E-state index contributed by atoms with van der Waals surface area (Å²) in [5, 5.41) is 9.79. The molecule has 0 saturated heterocycles. The van der Waals surface area contributed by atoms with E-state index in [1.165, 1.54) is 6.33 Å². The van der Waals surface area contributed by atoms with Crippen molar-refractivity contribution in [2.24, 2.45) is 0 Å². The van der Waals surface area contributed by atoms with Gasteiger partial charge in [0.2, 0.25) is 0 Å². The Morgan fingerprint density at radius 3 is 2.71 bits per heavy atom. The number of aromatic nitrogens is 4. The fourth-order valence-electron chi connectivity index (χ4n) is 2.73. The van der Waals surface area contributed by atoms with Crippen molar-refractivity contribution in [3.8, 4) is 5.75 Å². The second-order valence-electron chi connectivity index (χ2n) is 6.20. The van der Waals surface area contributed by atoms with Crippen LogP contribution < -0.4 is 15.4 Å². The number of anilines is 1. The maximum absolute atomic E-state index is 12.2. The van der Waals surface area contributed by atoms with Gasteiger partial charge in [0.15, 0.2) is 0 Å². The summed E-state index contributed by atoms with van der Waals surface area (Å²) >= 11 is 0. The first kappa shape index (κ1) is 19.3. The molecule has 1 aromatic carbocycles. The van der Waals surface area contributed by atoms with Crippen LogP contribution in [0.3, 0.4) is 0 Å². The van der Waals surface area contributed by atoms with Crippen LogP contribution in [0.15, 0.2) is 55.0 Å². The molecule has 0 bridgehead atoms. The molecule has 0 aliphatic rings. The number of benzene rings is 1. The number of carbonyl (C=O) groups excluding carboxylic acids is 1. The normalized spacial score (nSPS) is 11.6. The number of rotatable bonds is 8. The van der Waals surface area contributed by atoms with Gasteiger partial charge in [-0.3, -0.25) is 4.98 Å². The fraction of sp³-hybridized carbons (Fsp3) is 0.300. The zero-order chi connectivity index (χ0) is 19.8. The third-order valence-electron chi connectivity index (χ3n) is 4.15. The Balaban J connectivity index is 1.46. The van der Waals surface area contributed by atoms with Crippen molar-refractivity contribution >= 4 is 11.7 Å². The fourth-order valence-corrected chi connectivity index (χ4v) is 2.73. The molecule has 0 saturated carbocycles. The summed E-state index contributed by atoms with van der Waals surface area (Å²) in [5.41, 5.74) is 1.67. The highest BCUT2D eigenvalue weighted by Gasteiger charge is 2.15. The first-order valence-electron chi connectivity index (χ1n) is 9.23. The summed E-state index contributed by atoms with van der Waals surface area (Å²) < 4.78 is 7.47. The van der Waals surface area contributed by atoms with E-state index in [0.717, 1.165) is 17.9 Å². The van der Waals surface area contributed by atoms with Gasteiger partial charge < -0.3 is 15.4 Å². The lowest BCUT2D eigenvalue weighted by Gasteiger charge is -2.15. The van der Waals surface area contributed by atoms with E-state index in [0.29, 0.717) is 24.7 Å². The predicted octanol–water partition coefficient (Wildman–Crippen LogP) is 3.20. The Bertz CT molecular complexity index is 879. The molecule has 0 aliphatic carbocycles. The van der Waals surface area contributed by atoms with E-state index in [-0.39, 0.29) is 12.1 Å². The molecule has 1 atom stereocenters. The smallest absolute Gasteiger partial charge is 0.319 e. The molecule has 146 valence electrons. The number of urea groups is 1. The van der Waals surface area contributed by atoms with Crippen molar-refractivity contribution in [3.05, 3.63) is 66.5 Å². The van der Waals surface area contributed by atoms with Crippen LogP contribution in [0.1, 0.15) is 31.4 Å². The van der Waals surface area contributed by atoms with E-state index in [1.807, 2.05) is 44.2 Å². The van der Waals surface area contributed by atoms with Crippen molar-refractivity contribution in [1.29, 1.82) is 0 Å². The second kappa shape index (κ2) is 9.50. The lowest BCUT2D eigenvalue weighted by molar-refractivity contribution is 0.248. The van der Waals surface area contributed by atoms with Gasteiger partial charge in [0.05, 0.1) is 12.6 Å². The summed E-state index contributed by atoms with van der Waals surface area (Å²) in [6, 6.07) is 12.5. The number of pyridine rings is 1. The molecule has 28 heavy (non-hydrogen) atoms. The van der Waals surface area contributed by atoms with E-state index in [9.17, 15) is 4.79 Å². The number of aryl methyl sites for hydroxylation is 1. The molecule has 2 aromatic heterocycles. The summed E-state index contributed by atoms with van der Waals surface area (Å²) in [5.74, 6) is 1.46. The molecule has 2 amide bonds. The zero-order valence-electron chi connectivity index (χ0n) is 16.0. The number of nitrogens with zero attached hydrogens (tertiary/aromatic N) is 4. The number of hydrogen-bond acceptors (Lipinski definition) is 5. The number of hydrogen-bond donors (Lipinski definition) is 2. The number of ether oxygens (including phenoxy) is 1. The lowest BCUT2D eigenvalue weighted by Crippen LogP contribution is -2.32. The highest BCUT2D eigenvalue weighted by Crippen LogP contribution is 2.16. The maximum Gasteiger partial charge on any atom is 0.319 e. The quantitative estimate of drug-likeness (QED) is 0.626.